The lowest BCUT2D eigenvalue weighted by Crippen LogP contribution is -1.88. The van der Waals surface area contributed by atoms with Crippen molar-refractivity contribution in [3.8, 4) is 11.4 Å². The third-order valence-corrected chi connectivity index (χ3v) is 2.81. The second kappa shape index (κ2) is 3.80. The van der Waals surface area contributed by atoms with E-state index < -0.39 is 0 Å². The first-order valence-electron chi connectivity index (χ1n) is 5.52. The Morgan fingerprint density at radius 1 is 1.17 bits per heavy atom. The number of anilines is 1. The summed E-state index contributed by atoms with van der Waals surface area (Å²) in [6, 6.07) is 8.13. The van der Waals surface area contributed by atoms with Crippen LogP contribution >= 0.6 is 0 Å². The molecule has 0 aliphatic carbocycles. The molecule has 0 aliphatic heterocycles. The fourth-order valence-corrected chi connectivity index (χ4v) is 1.93. The molecule has 0 unspecified atom stereocenters. The Kier molecular flexibility index (Phi) is 2.26. The number of hydrogen-bond donors (Lipinski definition) is 2. The molecule has 90 valence electrons. The Balaban J connectivity index is 2.19. The summed E-state index contributed by atoms with van der Waals surface area (Å²) in [5.74, 6) is 0.840. The number of nitrogens with one attached hydrogen (secondary N) is 1. The number of benzene rings is 1. The molecule has 0 spiro atoms. The number of nitrogens with zero attached hydrogens (tertiary/aromatic N) is 2. The number of pyridine rings is 1. The lowest BCUT2D eigenvalue weighted by Gasteiger charge is -2.01. The van der Waals surface area contributed by atoms with Crippen molar-refractivity contribution in [2.24, 2.45) is 0 Å². The van der Waals surface area contributed by atoms with E-state index in [2.05, 4.69) is 15.0 Å². The van der Waals surface area contributed by atoms with Crippen molar-refractivity contribution >= 4 is 17.0 Å². The molecule has 0 bridgehead atoms. The number of hydrogen-bond acceptors (Lipinski definition) is 3. The maximum Gasteiger partial charge on any atom is 0.180 e. The van der Waals surface area contributed by atoms with E-state index in [0.29, 0.717) is 17.3 Å². The molecule has 3 aromatic rings. The fourth-order valence-electron chi connectivity index (χ4n) is 1.93. The van der Waals surface area contributed by atoms with E-state index in [1.807, 2.05) is 13.0 Å². The molecule has 3 rings (SSSR count). The number of fused-ring (bicyclic) bond motifs is 1. The molecule has 5 heteroatoms. The molecule has 4 nitrogen and oxygen atoms in total. The largest absolute Gasteiger partial charge is 0.384 e. The van der Waals surface area contributed by atoms with Gasteiger partial charge in [0.25, 0.3) is 0 Å². The van der Waals surface area contributed by atoms with Gasteiger partial charge in [-0.15, -0.1) is 0 Å². The maximum atomic E-state index is 13.1. The van der Waals surface area contributed by atoms with Crippen molar-refractivity contribution in [2.75, 3.05) is 5.73 Å². The first kappa shape index (κ1) is 10.7. The van der Waals surface area contributed by atoms with Crippen LogP contribution in [0, 0.1) is 12.7 Å². The highest BCUT2D eigenvalue weighted by molar-refractivity contribution is 5.77. The summed E-state index contributed by atoms with van der Waals surface area (Å²) < 4.78 is 13.1. The van der Waals surface area contributed by atoms with Gasteiger partial charge in [0, 0.05) is 5.56 Å². The molecule has 0 atom stereocenters. The van der Waals surface area contributed by atoms with Crippen LogP contribution in [0.1, 0.15) is 5.56 Å². The standard InChI is InChI=1S/C13H11FN4/c1-7-6-8(14)2-3-9(7)12-16-10-4-5-11(15)17-13(10)18-12/h2-6H,1H3,(H3,15,16,17,18). The first-order valence-corrected chi connectivity index (χ1v) is 5.52. The van der Waals surface area contributed by atoms with Crippen LogP contribution in [0.2, 0.25) is 0 Å². The van der Waals surface area contributed by atoms with Gasteiger partial charge in [-0.2, -0.15) is 0 Å². The highest BCUT2D eigenvalue weighted by Gasteiger charge is 2.09. The van der Waals surface area contributed by atoms with Crippen molar-refractivity contribution in [2.45, 2.75) is 6.92 Å². The van der Waals surface area contributed by atoms with Crippen molar-refractivity contribution in [1.82, 2.24) is 15.0 Å². The van der Waals surface area contributed by atoms with E-state index in [1.165, 1.54) is 12.1 Å². The monoisotopic (exact) mass is 242 g/mol. The lowest BCUT2D eigenvalue weighted by atomic mass is 10.1. The van der Waals surface area contributed by atoms with Crippen LogP contribution in [0.4, 0.5) is 10.2 Å². The molecule has 2 aromatic heterocycles. The number of aryl methyl sites for hydroxylation is 1. The van der Waals surface area contributed by atoms with Crippen LogP contribution in [0.3, 0.4) is 0 Å². The molecule has 0 saturated carbocycles. The van der Waals surface area contributed by atoms with Gasteiger partial charge in [-0.05, 0) is 42.8 Å². The highest BCUT2D eigenvalue weighted by Crippen LogP contribution is 2.23. The second-order valence-electron chi connectivity index (χ2n) is 4.15. The minimum atomic E-state index is -0.255. The zero-order valence-electron chi connectivity index (χ0n) is 9.74. The van der Waals surface area contributed by atoms with Gasteiger partial charge >= 0.3 is 0 Å². The van der Waals surface area contributed by atoms with Gasteiger partial charge < -0.3 is 10.7 Å². The zero-order chi connectivity index (χ0) is 12.7. The predicted molar refractivity (Wildman–Crippen MR) is 68.4 cm³/mol. The Bertz CT molecular complexity index is 733. The fraction of sp³-hybridized carbons (Fsp3) is 0.0769. The molecule has 0 aliphatic rings. The normalized spacial score (nSPS) is 11.0. The van der Waals surface area contributed by atoms with Crippen LogP contribution in [0.15, 0.2) is 30.3 Å². The van der Waals surface area contributed by atoms with Crippen molar-refractivity contribution in [3.05, 3.63) is 41.7 Å². The third kappa shape index (κ3) is 1.69. The van der Waals surface area contributed by atoms with Crippen molar-refractivity contribution < 1.29 is 4.39 Å². The Hall–Kier alpha value is -2.43. The van der Waals surface area contributed by atoms with Crippen LogP contribution in [0.5, 0.6) is 0 Å². The van der Waals surface area contributed by atoms with Gasteiger partial charge in [-0.25, -0.2) is 14.4 Å². The topological polar surface area (TPSA) is 67.6 Å². The number of nitrogens with two attached hydrogens (primary N) is 1. The van der Waals surface area contributed by atoms with Gasteiger partial charge in [0.05, 0.1) is 5.52 Å². The maximum absolute atomic E-state index is 13.1. The molecule has 2 heterocycles. The van der Waals surface area contributed by atoms with Gasteiger partial charge in [-0.1, -0.05) is 0 Å². The van der Waals surface area contributed by atoms with E-state index in [1.54, 1.807) is 12.1 Å². The molecule has 18 heavy (non-hydrogen) atoms. The lowest BCUT2D eigenvalue weighted by molar-refractivity contribution is 0.627. The van der Waals surface area contributed by atoms with Gasteiger partial charge in [-0.3, -0.25) is 0 Å². The molecule has 0 fully saturated rings. The Labute approximate surface area is 103 Å². The van der Waals surface area contributed by atoms with E-state index in [9.17, 15) is 4.39 Å². The molecule has 1 aromatic carbocycles. The van der Waals surface area contributed by atoms with Crippen molar-refractivity contribution in [1.29, 1.82) is 0 Å². The zero-order valence-corrected chi connectivity index (χ0v) is 9.74. The summed E-state index contributed by atoms with van der Waals surface area (Å²) in [5, 5.41) is 0. The SMILES string of the molecule is Cc1cc(F)ccc1-c1nc2nc(N)ccc2[nH]1. The molecule has 0 amide bonds. The summed E-state index contributed by atoms with van der Waals surface area (Å²) in [6.07, 6.45) is 0. The van der Waals surface area contributed by atoms with Gasteiger partial charge in [0.2, 0.25) is 0 Å². The highest BCUT2D eigenvalue weighted by atomic mass is 19.1. The number of aromatic nitrogens is 3. The minimum Gasteiger partial charge on any atom is -0.384 e. The quantitative estimate of drug-likeness (QED) is 0.689. The molecule has 3 N–H and O–H groups in total. The first-order chi connectivity index (χ1) is 8.63. The summed E-state index contributed by atoms with van der Waals surface area (Å²) in [6.45, 7) is 1.84. The number of H-pyrrole nitrogens is 1. The molecule has 0 radical (unpaired) electrons. The minimum absolute atomic E-state index is 0.255. The smallest absolute Gasteiger partial charge is 0.180 e. The van der Waals surface area contributed by atoms with E-state index in [-0.39, 0.29) is 5.82 Å². The second-order valence-corrected chi connectivity index (χ2v) is 4.15. The summed E-state index contributed by atoms with van der Waals surface area (Å²) in [4.78, 5) is 11.6. The number of imidazole rings is 1. The van der Waals surface area contributed by atoms with Crippen molar-refractivity contribution in [3.63, 3.8) is 0 Å². The molecular weight excluding hydrogens is 231 g/mol. The summed E-state index contributed by atoms with van der Waals surface area (Å²) in [7, 11) is 0. The summed E-state index contributed by atoms with van der Waals surface area (Å²) in [5.41, 5.74) is 8.65. The van der Waals surface area contributed by atoms with Crippen LogP contribution in [-0.2, 0) is 0 Å². The number of aromatic amines is 1. The van der Waals surface area contributed by atoms with Gasteiger partial charge in [0.15, 0.2) is 5.65 Å². The number of rotatable bonds is 1. The van der Waals surface area contributed by atoms with E-state index in [4.69, 9.17) is 5.73 Å². The Morgan fingerprint density at radius 2 is 2.00 bits per heavy atom. The predicted octanol–water partition coefficient (Wildman–Crippen LogP) is 2.65. The summed E-state index contributed by atoms with van der Waals surface area (Å²) >= 11 is 0. The number of halogens is 1. The van der Waals surface area contributed by atoms with E-state index in [0.717, 1.165) is 16.6 Å². The number of nitrogen functional groups attached to an aromatic ring is 1. The van der Waals surface area contributed by atoms with Gasteiger partial charge in [0.1, 0.15) is 17.5 Å². The van der Waals surface area contributed by atoms with Crippen LogP contribution in [0.25, 0.3) is 22.6 Å². The van der Waals surface area contributed by atoms with E-state index >= 15 is 0 Å². The van der Waals surface area contributed by atoms with Crippen LogP contribution in [-0.4, -0.2) is 15.0 Å². The third-order valence-electron chi connectivity index (χ3n) is 2.81. The molecular formula is C13H11FN4. The van der Waals surface area contributed by atoms with Crippen LogP contribution < -0.4 is 5.73 Å². The Morgan fingerprint density at radius 3 is 2.78 bits per heavy atom. The molecule has 0 saturated heterocycles. The average molecular weight is 242 g/mol. The average Bonchev–Trinajstić information content (AvgIpc) is 2.71.